The lowest BCUT2D eigenvalue weighted by Gasteiger charge is -2.32. The van der Waals surface area contributed by atoms with E-state index in [1.165, 1.54) is 17.7 Å². The van der Waals surface area contributed by atoms with E-state index in [2.05, 4.69) is 0 Å². The SMILES string of the molecule is COCCCN1C(=O)C[C@@](CC(=O)N2C[C@@H]3CCC[C@@H]2C3)(c2ccccc2C)C1=O. The molecular formula is C24H32N2O4. The predicted octanol–water partition coefficient (Wildman–Crippen LogP) is 2.82. The Hall–Kier alpha value is -2.21. The molecule has 4 rings (SSSR count). The molecule has 1 aromatic rings. The fraction of sp³-hybridized carbons (Fsp3) is 0.625. The van der Waals surface area contributed by atoms with Gasteiger partial charge in [-0.15, -0.1) is 0 Å². The number of benzene rings is 1. The van der Waals surface area contributed by atoms with E-state index in [4.69, 9.17) is 4.74 Å². The fourth-order valence-electron chi connectivity index (χ4n) is 5.75. The van der Waals surface area contributed by atoms with Gasteiger partial charge in [0.25, 0.3) is 0 Å². The van der Waals surface area contributed by atoms with E-state index in [9.17, 15) is 14.4 Å². The molecule has 2 aliphatic heterocycles. The van der Waals surface area contributed by atoms with Crippen molar-refractivity contribution >= 4 is 17.7 Å². The molecule has 1 aromatic carbocycles. The number of carbonyl (C=O) groups excluding carboxylic acids is 3. The quantitative estimate of drug-likeness (QED) is 0.510. The number of amides is 3. The van der Waals surface area contributed by atoms with Crippen LogP contribution in [0.3, 0.4) is 0 Å². The molecule has 30 heavy (non-hydrogen) atoms. The van der Waals surface area contributed by atoms with Crippen molar-refractivity contribution in [3.8, 4) is 0 Å². The molecule has 3 fully saturated rings. The smallest absolute Gasteiger partial charge is 0.240 e. The van der Waals surface area contributed by atoms with Gasteiger partial charge in [-0.3, -0.25) is 19.3 Å². The maximum Gasteiger partial charge on any atom is 0.240 e. The molecule has 3 aliphatic rings. The van der Waals surface area contributed by atoms with Crippen molar-refractivity contribution in [3.05, 3.63) is 35.4 Å². The van der Waals surface area contributed by atoms with Crippen LogP contribution in [0.5, 0.6) is 0 Å². The highest BCUT2D eigenvalue weighted by atomic mass is 16.5. The normalized spacial score (nSPS) is 28.5. The van der Waals surface area contributed by atoms with Gasteiger partial charge in [-0.25, -0.2) is 0 Å². The molecule has 2 bridgehead atoms. The Morgan fingerprint density at radius 2 is 2.03 bits per heavy atom. The van der Waals surface area contributed by atoms with Gasteiger partial charge < -0.3 is 9.64 Å². The molecule has 162 valence electrons. The Labute approximate surface area is 178 Å². The van der Waals surface area contributed by atoms with E-state index >= 15 is 0 Å². The molecule has 0 spiro atoms. The minimum absolute atomic E-state index is 0.0209. The second kappa shape index (κ2) is 8.50. The van der Waals surface area contributed by atoms with E-state index in [1.807, 2.05) is 36.1 Å². The summed E-state index contributed by atoms with van der Waals surface area (Å²) in [6, 6.07) is 7.98. The minimum Gasteiger partial charge on any atom is -0.385 e. The van der Waals surface area contributed by atoms with Crippen LogP contribution >= 0.6 is 0 Å². The van der Waals surface area contributed by atoms with E-state index in [1.54, 1.807) is 7.11 Å². The van der Waals surface area contributed by atoms with Crippen molar-refractivity contribution in [3.63, 3.8) is 0 Å². The molecule has 2 saturated heterocycles. The third-order valence-electron chi connectivity index (χ3n) is 7.22. The zero-order chi connectivity index (χ0) is 21.3. The van der Waals surface area contributed by atoms with Crippen LogP contribution in [0.1, 0.15) is 56.1 Å². The summed E-state index contributed by atoms with van der Waals surface area (Å²) in [5.74, 6) is 0.196. The summed E-state index contributed by atoms with van der Waals surface area (Å²) < 4.78 is 5.09. The first-order valence-corrected chi connectivity index (χ1v) is 11.2. The van der Waals surface area contributed by atoms with Gasteiger partial charge in [-0.05, 0) is 49.7 Å². The third-order valence-corrected chi connectivity index (χ3v) is 7.22. The van der Waals surface area contributed by atoms with Crippen LogP contribution in [0.4, 0.5) is 0 Å². The summed E-state index contributed by atoms with van der Waals surface area (Å²) in [4.78, 5) is 43.4. The molecule has 0 aromatic heterocycles. The Morgan fingerprint density at radius 1 is 1.23 bits per heavy atom. The zero-order valence-corrected chi connectivity index (χ0v) is 18.1. The summed E-state index contributed by atoms with van der Waals surface area (Å²) in [5.41, 5.74) is 0.668. The van der Waals surface area contributed by atoms with Gasteiger partial charge in [0.05, 0.1) is 5.41 Å². The summed E-state index contributed by atoms with van der Waals surface area (Å²) >= 11 is 0. The molecule has 0 unspecified atom stereocenters. The van der Waals surface area contributed by atoms with E-state index in [0.717, 1.165) is 30.5 Å². The number of hydrogen-bond donors (Lipinski definition) is 0. The highest BCUT2D eigenvalue weighted by molar-refractivity contribution is 6.11. The van der Waals surface area contributed by atoms with E-state index in [0.29, 0.717) is 31.5 Å². The molecule has 1 saturated carbocycles. The van der Waals surface area contributed by atoms with Crippen molar-refractivity contribution < 1.29 is 19.1 Å². The molecular weight excluding hydrogens is 380 g/mol. The van der Waals surface area contributed by atoms with Crippen LogP contribution in [-0.2, 0) is 24.5 Å². The predicted molar refractivity (Wildman–Crippen MR) is 113 cm³/mol. The Kier molecular flexibility index (Phi) is 5.96. The van der Waals surface area contributed by atoms with Crippen LogP contribution in [0.15, 0.2) is 24.3 Å². The number of ether oxygens (including phenoxy) is 1. The van der Waals surface area contributed by atoms with Gasteiger partial charge in [-0.2, -0.15) is 0 Å². The van der Waals surface area contributed by atoms with Crippen LogP contribution in [-0.4, -0.2) is 60.4 Å². The molecule has 2 heterocycles. The van der Waals surface area contributed by atoms with E-state index < -0.39 is 5.41 Å². The first kappa shape index (κ1) is 21.0. The number of likely N-dealkylation sites (tertiary alicyclic amines) is 2. The first-order valence-electron chi connectivity index (χ1n) is 11.2. The largest absolute Gasteiger partial charge is 0.385 e. The number of nitrogens with zero attached hydrogens (tertiary/aromatic N) is 2. The van der Waals surface area contributed by atoms with Crippen molar-refractivity contribution in [1.29, 1.82) is 0 Å². The molecule has 6 heteroatoms. The number of hydrogen-bond acceptors (Lipinski definition) is 4. The van der Waals surface area contributed by atoms with Gasteiger partial charge in [0, 0.05) is 45.7 Å². The first-order chi connectivity index (χ1) is 14.5. The Balaban J connectivity index is 1.64. The standard InChI is InChI=1S/C24H32N2O4/c1-17-7-3-4-10-20(17)24(14-21(27)25(23(24)29)11-6-12-30-2)15-22(28)26-16-18-8-5-9-19(26)13-18/h3-4,7,10,18-19H,5-6,8-9,11-16H2,1-2H3/t18-,19-,24-/m1/s1. The van der Waals surface area contributed by atoms with Crippen LogP contribution in [0.2, 0.25) is 0 Å². The van der Waals surface area contributed by atoms with Gasteiger partial charge in [0.15, 0.2) is 0 Å². The lowest BCUT2D eigenvalue weighted by Crippen LogP contribution is -2.45. The summed E-state index contributed by atoms with van der Waals surface area (Å²) in [6.45, 7) is 3.58. The summed E-state index contributed by atoms with van der Waals surface area (Å²) in [7, 11) is 1.61. The number of imide groups is 1. The summed E-state index contributed by atoms with van der Waals surface area (Å²) in [5, 5.41) is 0. The molecule has 0 N–H and O–H groups in total. The molecule has 0 radical (unpaired) electrons. The number of methoxy groups -OCH3 is 1. The average Bonchev–Trinajstić information content (AvgIpc) is 3.15. The van der Waals surface area contributed by atoms with Crippen molar-refractivity contribution in [1.82, 2.24) is 9.80 Å². The van der Waals surface area contributed by atoms with Crippen molar-refractivity contribution in [2.24, 2.45) is 5.92 Å². The fourth-order valence-corrected chi connectivity index (χ4v) is 5.75. The molecule has 6 nitrogen and oxygen atoms in total. The summed E-state index contributed by atoms with van der Waals surface area (Å²) in [6.07, 6.45) is 5.24. The average molecular weight is 413 g/mol. The van der Waals surface area contributed by atoms with Gasteiger partial charge >= 0.3 is 0 Å². The lowest BCUT2D eigenvalue weighted by atomic mass is 9.74. The molecule has 3 atom stereocenters. The number of carbonyl (C=O) groups is 3. The topological polar surface area (TPSA) is 66.9 Å². The van der Waals surface area contributed by atoms with Crippen LogP contribution in [0.25, 0.3) is 0 Å². The zero-order valence-electron chi connectivity index (χ0n) is 18.1. The second-order valence-electron chi connectivity index (χ2n) is 9.18. The molecule has 1 aliphatic carbocycles. The van der Waals surface area contributed by atoms with Gasteiger partial charge in [-0.1, -0.05) is 30.7 Å². The number of rotatable bonds is 7. The molecule has 3 amide bonds. The van der Waals surface area contributed by atoms with E-state index in [-0.39, 0.29) is 30.6 Å². The van der Waals surface area contributed by atoms with Crippen molar-refractivity contribution in [2.75, 3.05) is 26.8 Å². The monoisotopic (exact) mass is 412 g/mol. The highest BCUT2D eigenvalue weighted by Gasteiger charge is 2.55. The van der Waals surface area contributed by atoms with Crippen LogP contribution in [0, 0.1) is 12.8 Å². The van der Waals surface area contributed by atoms with Crippen LogP contribution < -0.4 is 0 Å². The van der Waals surface area contributed by atoms with Gasteiger partial charge in [0.2, 0.25) is 17.7 Å². The Bertz CT molecular complexity index is 838. The third kappa shape index (κ3) is 3.66. The van der Waals surface area contributed by atoms with Crippen molar-refractivity contribution in [2.45, 2.75) is 63.3 Å². The second-order valence-corrected chi connectivity index (χ2v) is 9.18. The highest BCUT2D eigenvalue weighted by Crippen LogP contribution is 2.43. The number of aryl methyl sites for hydroxylation is 1. The minimum atomic E-state index is -1.09. The maximum absolute atomic E-state index is 13.7. The van der Waals surface area contributed by atoms with Gasteiger partial charge in [0.1, 0.15) is 0 Å². The Morgan fingerprint density at radius 3 is 2.77 bits per heavy atom. The lowest BCUT2D eigenvalue weighted by molar-refractivity contribution is -0.143. The maximum atomic E-state index is 13.7. The number of fused-ring (bicyclic) bond motifs is 2.